The molecular formula is C42H68N2O8. The van der Waals surface area contributed by atoms with E-state index in [4.69, 9.17) is 18.6 Å². The summed E-state index contributed by atoms with van der Waals surface area (Å²) in [6.45, 7) is 14.5. The van der Waals surface area contributed by atoms with Crippen molar-refractivity contribution in [3.05, 3.63) is 17.8 Å². The van der Waals surface area contributed by atoms with E-state index in [0.717, 1.165) is 37.5 Å². The molecule has 2 aliphatic carbocycles. The second-order valence-corrected chi connectivity index (χ2v) is 17.4. The Bertz CT molecular complexity index is 1310. The summed E-state index contributed by atoms with van der Waals surface area (Å²) < 4.78 is 22.2. The first kappa shape index (κ1) is 43.4. The van der Waals surface area contributed by atoms with Crippen molar-refractivity contribution in [2.75, 3.05) is 6.61 Å². The summed E-state index contributed by atoms with van der Waals surface area (Å²) in [5, 5.41) is 0. The normalized spacial score (nSPS) is 19.8. The largest absolute Gasteiger partial charge is 0.478 e. The third kappa shape index (κ3) is 16.7. The monoisotopic (exact) mass is 728 g/mol. The Morgan fingerprint density at radius 2 is 1.23 bits per heavy atom. The minimum absolute atomic E-state index is 0.0122. The highest BCUT2D eigenvalue weighted by Gasteiger charge is 2.31. The Kier molecular flexibility index (Phi) is 17.5. The van der Waals surface area contributed by atoms with Crippen LogP contribution in [0.25, 0.3) is 0 Å². The molecule has 0 bridgehead atoms. The molecule has 0 aromatic carbocycles. The van der Waals surface area contributed by atoms with Crippen LogP contribution in [0.4, 0.5) is 0 Å². The van der Waals surface area contributed by atoms with E-state index in [1.54, 1.807) is 0 Å². The summed E-state index contributed by atoms with van der Waals surface area (Å²) in [6, 6.07) is -0.413. The number of nitrogens with zero attached hydrogens (tertiary/aromatic N) is 2. The lowest BCUT2D eigenvalue weighted by molar-refractivity contribution is -0.156. The second-order valence-electron chi connectivity index (χ2n) is 17.4. The minimum Gasteiger partial charge on any atom is -0.478 e. The number of carbonyl (C=O) groups excluding carboxylic acids is 4. The quantitative estimate of drug-likeness (QED) is 0.120. The molecule has 0 radical (unpaired) electrons. The molecule has 3 aliphatic rings. The summed E-state index contributed by atoms with van der Waals surface area (Å²) in [7, 11) is 0. The summed E-state index contributed by atoms with van der Waals surface area (Å²) in [6.07, 6.45) is 21.5. The highest BCUT2D eigenvalue weighted by molar-refractivity contribution is 5.92. The van der Waals surface area contributed by atoms with Gasteiger partial charge in [0, 0.05) is 18.8 Å². The summed E-state index contributed by atoms with van der Waals surface area (Å²) >= 11 is 0. The zero-order valence-electron chi connectivity index (χ0n) is 33.6. The number of oxazole rings is 1. The number of carbonyl (C=O) groups is 4. The molecule has 10 heteroatoms. The lowest BCUT2D eigenvalue weighted by Gasteiger charge is -2.24. The van der Waals surface area contributed by atoms with Gasteiger partial charge in [0.15, 0.2) is 23.4 Å². The zero-order chi connectivity index (χ0) is 38.3. The van der Waals surface area contributed by atoms with Gasteiger partial charge in [-0.05, 0) is 73.1 Å². The summed E-state index contributed by atoms with van der Waals surface area (Å²) in [5.74, 6) is 1.87. The van der Waals surface area contributed by atoms with Gasteiger partial charge in [0.2, 0.25) is 0 Å². The van der Waals surface area contributed by atoms with E-state index in [9.17, 15) is 19.2 Å². The fourth-order valence-electron chi connectivity index (χ4n) is 7.51. The van der Waals surface area contributed by atoms with Crippen LogP contribution in [0.3, 0.4) is 0 Å². The van der Waals surface area contributed by atoms with Crippen LogP contribution in [-0.2, 0) is 28.6 Å². The number of Topliss-reactive ketones (excluding diaryl/α,β-unsaturated/α-hetero) is 2. The van der Waals surface area contributed by atoms with Gasteiger partial charge in [0.1, 0.15) is 35.8 Å². The number of rotatable bonds is 16. The molecule has 1 aromatic rings. The zero-order valence-corrected chi connectivity index (χ0v) is 33.6. The van der Waals surface area contributed by atoms with Crippen LogP contribution in [0.1, 0.15) is 193 Å². The lowest BCUT2D eigenvalue weighted by atomic mass is 9.84. The van der Waals surface area contributed by atoms with E-state index in [1.165, 1.54) is 97.2 Å². The van der Waals surface area contributed by atoms with Crippen LogP contribution < -0.4 is 0 Å². The average Bonchev–Trinajstić information content (AvgIpc) is 3.75. The average molecular weight is 729 g/mol. The van der Waals surface area contributed by atoms with Crippen LogP contribution in [0.2, 0.25) is 0 Å². The van der Waals surface area contributed by atoms with Gasteiger partial charge in [0.05, 0.1) is 12.8 Å². The maximum absolute atomic E-state index is 12.3. The van der Waals surface area contributed by atoms with Gasteiger partial charge in [-0.2, -0.15) is 0 Å². The van der Waals surface area contributed by atoms with Gasteiger partial charge in [-0.1, -0.05) is 89.9 Å². The number of ketones is 2. The first-order chi connectivity index (χ1) is 24.5. The van der Waals surface area contributed by atoms with E-state index in [1.807, 2.05) is 41.5 Å². The number of aromatic nitrogens is 1. The third-order valence-corrected chi connectivity index (χ3v) is 10.2. The molecule has 0 saturated heterocycles. The highest BCUT2D eigenvalue weighted by Crippen LogP contribution is 2.33. The van der Waals surface area contributed by atoms with Crippen LogP contribution >= 0.6 is 0 Å². The maximum Gasteiger partial charge on any atom is 0.307 e. The molecular weight excluding hydrogens is 660 g/mol. The van der Waals surface area contributed by atoms with Gasteiger partial charge in [0.25, 0.3) is 0 Å². The van der Waals surface area contributed by atoms with E-state index < -0.39 is 17.2 Å². The van der Waals surface area contributed by atoms with Crippen molar-refractivity contribution in [1.29, 1.82) is 0 Å². The first-order valence-corrected chi connectivity index (χ1v) is 20.1. The predicted molar refractivity (Wildman–Crippen MR) is 202 cm³/mol. The van der Waals surface area contributed by atoms with E-state index in [2.05, 4.69) is 9.98 Å². The van der Waals surface area contributed by atoms with Crippen molar-refractivity contribution in [2.24, 2.45) is 22.7 Å². The smallest absolute Gasteiger partial charge is 0.307 e. The lowest BCUT2D eigenvalue weighted by Crippen LogP contribution is -2.27. The van der Waals surface area contributed by atoms with Crippen molar-refractivity contribution >= 4 is 29.4 Å². The maximum atomic E-state index is 12.3. The van der Waals surface area contributed by atoms with E-state index >= 15 is 0 Å². The molecule has 1 aromatic heterocycles. The standard InChI is InChI=1S/C21H35NO4.C21H33NO4/c2*1-15(23)18-14-25-20(22-18)17(13-19(24)26-21(2,3)4)12-8-11-16-9-6-5-7-10-16/h16-18H,5-14H2,1-4H3;14,16-17H,5-13H2,1-4H3/t17-,18+;17-/m11/s1. The number of esters is 2. The van der Waals surface area contributed by atoms with Crippen LogP contribution in [0.15, 0.2) is 15.7 Å². The van der Waals surface area contributed by atoms with Gasteiger partial charge in [-0.25, -0.2) is 9.98 Å². The van der Waals surface area contributed by atoms with Gasteiger partial charge < -0.3 is 18.6 Å². The number of hydrogen-bond acceptors (Lipinski definition) is 10. The first-order valence-electron chi connectivity index (χ1n) is 20.1. The molecule has 2 fully saturated rings. The fourth-order valence-corrected chi connectivity index (χ4v) is 7.51. The van der Waals surface area contributed by atoms with Crippen molar-refractivity contribution in [3.8, 4) is 0 Å². The third-order valence-electron chi connectivity index (χ3n) is 10.2. The van der Waals surface area contributed by atoms with Crippen LogP contribution in [0, 0.1) is 17.8 Å². The Labute approximate surface area is 313 Å². The van der Waals surface area contributed by atoms with Crippen LogP contribution in [-0.4, -0.2) is 58.2 Å². The predicted octanol–water partition coefficient (Wildman–Crippen LogP) is 9.91. The molecule has 3 atom stereocenters. The molecule has 1 aliphatic heterocycles. The van der Waals surface area contributed by atoms with Gasteiger partial charge in [-0.15, -0.1) is 0 Å². The Morgan fingerprint density at radius 3 is 1.65 bits per heavy atom. The molecule has 0 amide bonds. The van der Waals surface area contributed by atoms with E-state index in [-0.39, 0.29) is 48.2 Å². The molecule has 2 heterocycles. The van der Waals surface area contributed by atoms with Crippen LogP contribution in [0.5, 0.6) is 0 Å². The number of aliphatic imine (C=N–C) groups is 1. The van der Waals surface area contributed by atoms with Crippen molar-refractivity contribution in [1.82, 2.24) is 4.98 Å². The molecule has 294 valence electrons. The summed E-state index contributed by atoms with van der Waals surface area (Å²) in [5.41, 5.74) is -0.684. The highest BCUT2D eigenvalue weighted by atomic mass is 16.6. The fraction of sp³-hybridized carbons (Fsp3) is 0.810. The van der Waals surface area contributed by atoms with Crippen molar-refractivity contribution in [3.63, 3.8) is 0 Å². The molecule has 4 rings (SSSR count). The Hall–Kier alpha value is -3.04. The Balaban J connectivity index is 0.000000280. The number of ether oxygens (including phenoxy) is 3. The van der Waals surface area contributed by atoms with Gasteiger partial charge >= 0.3 is 11.9 Å². The molecule has 52 heavy (non-hydrogen) atoms. The topological polar surface area (TPSA) is 134 Å². The SMILES string of the molecule is CC(=O)[C@@H]1COC([C@H](CCCC2CCCCC2)CC(=O)OC(C)(C)C)=N1.CC(=O)c1coc([C@H](CCCC2CCCCC2)CC(=O)OC(C)(C)C)n1. The Morgan fingerprint density at radius 1 is 0.750 bits per heavy atom. The molecule has 0 unspecified atom stereocenters. The molecule has 0 spiro atoms. The summed E-state index contributed by atoms with van der Waals surface area (Å²) in [4.78, 5) is 56.4. The molecule has 2 saturated carbocycles. The van der Waals surface area contributed by atoms with Crippen molar-refractivity contribution in [2.45, 2.75) is 194 Å². The second kappa shape index (κ2) is 21.0. The molecule has 0 N–H and O–H groups in total. The minimum atomic E-state index is -0.509. The van der Waals surface area contributed by atoms with Gasteiger partial charge in [-0.3, -0.25) is 19.2 Å². The molecule has 10 nitrogen and oxygen atoms in total. The van der Waals surface area contributed by atoms with E-state index in [0.29, 0.717) is 24.1 Å². The number of hydrogen-bond donors (Lipinski definition) is 0. The van der Waals surface area contributed by atoms with Crippen molar-refractivity contribution < 1.29 is 37.8 Å².